The van der Waals surface area contributed by atoms with E-state index in [0.29, 0.717) is 12.1 Å². The Morgan fingerprint density at radius 1 is 1.30 bits per heavy atom. The van der Waals surface area contributed by atoms with Crippen molar-refractivity contribution in [3.63, 3.8) is 0 Å². The van der Waals surface area contributed by atoms with Gasteiger partial charge in [-0.15, -0.1) is 0 Å². The normalized spacial score (nSPS) is 21.2. The van der Waals surface area contributed by atoms with Crippen LogP contribution in [-0.2, 0) is 6.54 Å². The van der Waals surface area contributed by atoms with Crippen LogP contribution in [0.3, 0.4) is 0 Å². The zero-order valence-electron chi connectivity index (χ0n) is 12.0. The molecule has 5 nitrogen and oxygen atoms in total. The van der Waals surface area contributed by atoms with E-state index in [4.69, 9.17) is 9.52 Å². The molecule has 1 N–H and O–H groups in total. The topological polar surface area (TPSA) is 56.9 Å². The summed E-state index contributed by atoms with van der Waals surface area (Å²) in [5, 5.41) is 9.00. The molecule has 0 aromatic carbocycles. The van der Waals surface area contributed by atoms with Gasteiger partial charge in [0.25, 0.3) is 0 Å². The number of aromatic carboxylic acids is 1. The molecule has 1 saturated heterocycles. The Labute approximate surface area is 119 Å². The van der Waals surface area contributed by atoms with E-state index in [2.05, 4.69) is 9.80 Å². The van der Waals surface area contributed by atoms with Gasteiger partial charge in [-0.05, 0) is 31.7 Å². The number of piperazine rings is 1. The minimum atomic E-state index is -0.983. The van der Waals surface area contributed by atoms with Gasteiger partial charge in [0, 0.05) is 38.3 Å². The molecule has 110 valence electrons. The average Bonchev–Trinajstić information content (AvgIpc) is 3.14. The molecule has 5 heteroatoms. The van der Waals surface area contributed by atoms with Gasteiger partial charge in [-0.25, -0.2) is 4.79 Å². The van der Waals surface area contributed by atoms with E-state index in [9.17, 15) is 4.79 Å². The molecule has 0 atom stereocenters. The summed E-state index contributed by atoms with van der Waals surface area (Å²) in [5.41, 5.74) is 0.708. The van der Waals surface area contributed by atoms with Crippen LogP contribution in [0.4, 0.5) is 0 Å². The van der Waals surface area contributed by atoms with E-state index >= 15 is 0 Å². The Hall–Kier alpha value is -1.33. The Bertz CT molecular complexity index is 485. The van der Waals surface area contributed by atoms with E-state index in [1.165, 1.54) is 19.4 Å². The number of nitrogens with zero attached hydrogens (tertiary/aromatic N) is 2. The predicted molar refractivity (Wildman–Crippen MR) is 74.8 cm³/mol. The molecule has 0 unspecified atom stereocenters. The van der Waals surface area contributed by atoms with Crippen molar-refractivity contribution >= 4 is 5.97 Å². The zero-order valence-corrected chi connectivity index (χ0v) is 12.0. The molecule has 20 heavy (non-hydrogen) atoms. The van der Waals surface area contributed by atoms with Gasteiger partial charge in [0.15, 0.2) is 0 Å². The second-order valence-corrected chi connectivity index (χ2v) is 6.05. The van der Waals surface area contributed by atoms with Crippen molar-refractivity contribution in [3.05, 3.63) is 23.2 Å². The highest BCUT2D eigenvalue weighted by atomic mass is 16.4. The molecule has 0 amide bonds. The fourth-order valence-corrected chi connectivity index (χ4v) is 2.85. The Morgan fingerprint density at radius 3 is 2.50 bits per heavy atom. The highest BCUT2D eigenvalue weighted by molar-refractivity contribution is 5.86. The molecule has 1 aromatic heterocycles. The first-order valence-electron chi connectivity index (χ1n) is 7.39. The molecule has 1 aliphatic heterocycles. The zero-order chi connectivity index (χ0) is 14.1. The van der Waals surface area contributed by atoms with Crippen molar-refractivity contribution in [3.8, 4) is 0 Å². The molecule has 1 aromatic rings. The highest BCUT2D eigenvalue weighted by Crippen LogP contribution is 2.30. The fourth-order valence-electron chi connectivity index (χ4n) is 2.85. The lowest BCUT2D eigenvalue weighted by Gasteiger charge is -2.34. The lowest BCUT2D eigenvalue weighted by molar-refractivity contribution is 0.0654. The summed E-state index contributed by atoms with van der Waals surface area (Å²) in [5.74, 6) is 0.804. The Balaban J connectivity index is 1.51. The Morgan fingerprint density at radius 2 is 1.95 bits per heavy atom. The minimum Gasteiger partial charge on any atom is -0.475 e. The van der Waals surface area contributed by atoms with Gasteiger partial charge in [-0.1, -0.05) is 0 Å². The summed E-state index contributed by atoms with van der Waals surface area (Å²) in [6.45, 7) is 8.06. The monoisotopic (exact) mass is 278 g/mol. The van der Waals surface area contributed by atoms with Crippen molar-refractivity contribution in [2.45, 2.75) is 26.3 Å². The largest absolute Gasteiger partial charge is 0.475 e. The second kappa shape index (κ2) is 5.58. The number of furan rings is 1. The van der Waals surface area contributed by atoms with Crippen LogP contribution in [0.25, 0.3) is 0 Å². The van der Waals surface area contributed by atoms with Crippen molar-refractivity contribution in [1.82, 2.24) is 9.80 Å². The smallest absolute Gasteiger partial charge is 0.372 e. The molecule has 1 saturated carbocycles. The molecule has 3 rings (SSSR count). The summed E-state index contributed by atoms with van der Waals surface area (Å²) in [6.07, 6.45) is 2.81. The molecule has 2 heterocycles. The third kappa shape index (κ3) is 3.22. The van der Waals surface area contributed by atoms with Crippen molar-refractivity contribution < 1.29 is 14.3 Å². The van der Waals surface area contributed by atoms with E-state index in [1.54, 1.807) is 6.92 Å². The Kier molecular flexibility index (Phi) is 3.81. The number of hydrogen-bond acceptors (Lipinski definition) is 4. The molecule has 2 fully saturated rings. The van der Waals surface area contributed by atoms with E-state index < -0.39 is 5.97 Å². The SMILES string of the molecule is Cc1cc(CN2CCN(CC3CC3)CC2)oc1C(=O)O. The first-order valence-corrected chi connectivity index (χ1v) is 7.39. The molecule has 1 aliphatic carbocycles. The van der Waals surface area contributed by atoms with E-state index in [0.717, 1.165) is 37.9 Å². The van der Waals surface area contributed by atoms with Crippen LogP contribution < -0.4 is 0 Å². The van der Waals surface area contributed by atoms with Crippen LogP contribution in [-0.4, -0.2) is 53.6 Å². The van der Waals surface area contributed by atoms with Gasteiger partial charge in [-0.2, -0.15) is 0 Å². The van der Waals surface area contributed by atoms with Gasteiger partial charge in [0.2, 0.25) is 5.76 Å². The summed E-state index contributed by atoms with van der Waals surface area (Å²) in [7, 11) is 0. The quantitative estimate of drug-likeness (QED) is 0.890. The van der Waals surface area contributed by atoms with Gasteiger partial charge in [0.1, 0.15) is 5.76 Å². The van der Waals surface area contributed by atoms with Gasteiger partial charge in [0.05, 0.1) is 6.54 Å². The van der Waals surface area contributed by atoms with Gasteiger partial charge in [-0.3, -0.25) is 4.90 Å². The lowest BCUT2D eigenvalue weighted by atomic mass is 10.2. The average molecular weight is 278 g/mol. The van der Waals surface area contributed by atoms with Crippen LogP contribution in [0.15, 0.2) is 10.5 Å². The molecule has 0 bridgehead atoms. The maximum Gasteiger partial charge on any atom is 0.372 e. The highest BCUT2D eigenvalue weighted by Gasteiger charge is 2.26. The van der Waals surface area contributed by atoms with Gasteiger partial charge < -0.3 is 14.4 Å². The lowest BCUT2D eigenvalue weighted by Crippen LogP contribution is -2.46. The fraction of sp³-hybridized carbons (Fsp3) is 0.667. The van der Waals surface area contributed by atoms with Crippen LogP contribution in [0.2, 0.25) is 0 Å². The summed E-state index contributed by atoms with van der Waals surface area (Å²) < 4.78 is 5.43. The van der Waals surface area contributed by atoms with Crippen LogP contribution in [0.5, 0.6) is 0 Å². The van der Waals surface area contributed by atoms with Gasteiger partial charge >= 0.3 is 5.97 Å². The van der Waals surface area contributed by atoms with E-state index in [-0.39, 0.29) is 5.76 Å². The summed E-state index contributed by atoms with van der Waals surface area (Å²) >= 11 is 0. The minimum absolute atomic E-state index is 0.0763. The van der Waals surface area contributed by atoms with Crippen LogP contribution in [0.1, 0.15) is 34.7 Å². The van der Waals surface area contributed by atoms with Crippen LogP contribution >= 0.6 is 0 Å². The number of rotatable bonds is 5. The molecule has 2 aliphatic rings. The number of aryl methyl sites for hydroxylation is 1. The number of carbonyl (C=O) groups is 1. The second-order valence-electron chi connectivity index (χ2n) is 6.05. The summed E-state index contributed by atoms with van der Waals surface area (Å²) in [4.78, 5) is 15.9. The molecule has 0 radical (unpaired) electrons. The number of hydrogen-bond donors (Lipinski definition) is 1. The first-order chi connectivity index (χ1) is 9.61. The third-order valence-electron chi connectivity index (χ3n) is 4.22. The first kappa shape index (κ1) is 13.6. The number of carboxylic acid groups (broad SMARTS) is 1. The predicted octanol–water partition coefficient (Wildman–Crippen LogP) is 1.81. The maximum absolute atomic E-state index is 11.0. The van der Waals surface area contributed by atoms with Crippen LogP contribution in [0, 0.1) is 12.8 Å². The van der Waals surface area contributed by atoms with Crippen molar-refractivity contribution in [2.75, 3.05) is 32.7 Å². The molecular weight excluding hydrogens is 256 g/mol. The third-order valence-corrected chi connectivity index (χ3v) is 4.22. The summed E-state index contributed by atoms with van der Waals surface area (Å²) in [6, 6.07) is 1.85. The van der Waals surface area contributed by atoms with E-state index in [1.807, 2.05) is 6.07 Å². The maximum atomic E-state index is 11.0. The van der Waals surface area contributed by atoms with Crippen molar-refractivity contribution in [2.24, 2.45) is 5.92 Å². The standard InChI is InChI=1S/C15H22N2O3/c1-11-8-13(20-14(11)15(18)19)10-17-6-4-16(5-7-17)9-12-2-3-12/h8,12H,2-7,9-10H2,1H3,(H,18,19). The van der Waals surface area contributed by atoms with Crippen molar-refractivity contribution in [1.29, 1.82) is 0 Å². The molecule has 0 spiro atoms. The number of carboxylic acids is 1. The molecular formula is C15H22N2O3.